The third-order valence-electron chi connectivity index (χ3n) is 5.95. The summed E-state index contributed by atoms with van der Waals surface area (Å²) in [6.07, 6.45) is -3.38. The molecular formula is C24H22F4N6O. The number of halogens is 4. The molecule has 0 bridgehead atoms. The van der Waals surface area contributed by atoms with Crippen LogP contribution in [0.5, 0.6) is 0 Å². The number of amides is 1. The van der Waals surface area contributed by atoms with E-state index >= 15 is 0 Å². The highest BCUT2D eigenvalue weighted by Gasteiger charge is 2.45. The van der Waals surface area contributed by atoms with E-state index < -0.39 is 23.2 Å². The number of nitrogens with zero attached hydrogens (tertiary/aromatic N) is 6. The van der Waals surface area contributed by atoms with Gasteiger partial charge in [0.05, 0.1) is 18.6 Å². The maximum Gasteiger partial charge on any atom is 0.433 e. The van der Waals surface area contributed by atoms with Crippen molar-refractivity contribution in [2.24, 2.45) is 4.99 Å². The number of anilines is 1. The lowest BCUT2D eigenvalue weighted by Crippen LogP contribution is -2.51. The number of carbonyl (C=O) groups is 1. The summed E-state index contributed by atoms with van der Waals surface area (Å²) in [5.74, 6) is 0.663. The first-order valence-corrected chi connectivity index (χ1v) is 11.1. The molecule has 4 heterocycles. The lowest BCUT2D eigenvalue weighted by atomic mass is 10.1. The van der Waals surface area contributed by atoms with Gasteiger partial charge in [-0.25, -0.2) is 14.4 Å². The Labute approximate surface area is 198 Å². The molecule has 0 unspecified atom stereocenters. The number of benzene rings is 1. The molecule has 0 fully saturated rings. The summed E-state index contributed by atoms with van der Waals surface area (Å²) < 4.78 is 54.4. The van der Waals surface area contributed by atoms with Gasteiger partial charge in [-0.1, -0.05) is 6.07 Å². The average Bonchev–Trinajstić information content (AvgIpc) is 3.31. The van der Waals surface area contributed by atoms with Gasteiger partial charge in [0.1, 0.15) is 23.2 Å². The van der Waals surface area contributed by atoms with Crippen molar-refractivity contribution >= 4 is 17.7 Å². The molecule has 2 aliphatic heterocycles. The van der Waals surface area contributed by atoms with Crippen LogP contribution in [0, 0.1) is 5.82 Å². The van der Waals surface area contributed by atoms with E-state index in [1.54, 1.807) is 21.6 Å². The van der Waals surface area contributed by atoms with E-state index in [4.69, 9.17) is 4.99 Å². The van der Waals surface area contributed by atoms with Crippen LogP contribution in [0.15, 0.2) is 47.6 Å². The Kier molecular flexibility index (Phi) is 5.19. The highest BCUT2D eigenvalue weighted by atomic mass is 19.4. The van der Waals surface area contributed by atoms with Crippen molar-refractivity contribution < 1.29 is 22.4 Å². The molecule has 182 valence electrons. The summed E-state index contributed by atoms with van der Waals surface area (Å²) in [5, 5.41) is 0. The second-order valence-corrected chi connectivity index (χ2v) is 9.11. The van der Waals surface area contributed by atoms with Crippen LogP contribution in [-0.2, 0) is 12.7 Å². The number of alkyl halides is 3. The molecule has 0 atom stereocenters. The van der Waals surface area contributed by atoms with Crippen molar-refractivity contribution in [1.29, 1.82) is 0 Å². The summed E-state index contributed by atoms with van der Waals surface area (Å²) >= 11 is 0. The SMILES string of the molecule is CCN1C(=O)c2nc(-c3ccc(F)cc3)n(Cc3ccc(C(F)(F)F)nc3)c2N2CC(C)(C)N=C12. The molecule has 2 aliphatic rings. The molecule has 1 amide bonds. The number of imidazole rings is 1. The van der Waals surface area contributed by atoms with Crippen LogP contribution < -0.4 is 4.90 Å². The average molecular weight is 486 g/mol. The molecule has 2 aromatic heterocycles. The van der Waals surface area contributed by atoms with Gasteiger partial charge in [0.2, 0.25) is 5.96 Å². The number of hydrogen-bond donors (Lipinski definition) is 0. The highest BCUT2D eigenvalue weighted by molar-refractivity contribution is 6.18. The van der Waals surface area contributed by atoms with Gasteiger partial charge in [-0.05, 0) is 56.7 Å². The minimum absolute atomic E-state index is 0.101. The summed E-state index contributed by atoms with van der Waals surface area (Å²) in [6, 6.07) is 7.96. The minimum Gasteiger partial charge on any atom is -0.305 e. The second-order valence-electron chi connectivity index (χ2n) is 9.11. The molecule has 0 N–H and O–H groups in total. The van der Waals surface area contributed by atoms with Gasteiger partial charge in [0.15, 0.2) is 5.69 Å². The molecule has 3 aromatic rings. The fraction of sp³-hybridized carbons (Fsp3) is 0.333. The van der Waals surface area contributed by atoms with E-state index in [0.29, 0.717) is 41.8 Å². The Bertz CT molecular complexity index is 1330. The maximum absolute atomic E-state index is 13.6. The third-order valence-corrected chi connectivity index (χ3v) is 5.95. The molecule has 5 rings (SSSR count). The second kappa shape index (κ2) is 7.89. The standard InChI is InChI=1S/C24H22F4N6O/c1-4-32-21(35)18-20(34-13-23(2,3)31-22(32)34)33(19(30-18)15-6-8-16(25)9-7-15)12-14-5-10-17(29-11-14)24(26,27)28/h5-11H,4,12-13H2,1-3H3. The first-order chi connectivity index (χ1) is 16.5. The molecule has 1 aromatic carbocycles. The number of rotatable bonds is 4. The Hall–Kier alpha value is -3.76. The zero-order chi connectivity index (χ0) is 25.1. The molecule has 7 nitrogen and oxygen atoms in total. The Morgan fingerprint density at radius 1 is 1.09 bits per heavy atom. The molecule has 0 saturated heterocycles. The topological polar surface area (TPSA) is 66.6 Å². The predicted molar refractivity (Wildman–Crippen MR) is 122 cm³/mol. The molecule has 0 spiro atoms. The van der Waals surface area contributed by atoms with Crippen LogP contribution in [-0.4, -0.2) is 49.9 Å². The number of carbonyl (C=O) groups excluding carboxylic acids is 1. The van der Waals surface area contributed by atoms with Gasteiger partial charge in [0, 0.05) is 18.3 Å². The van der Waals surface area contributed by atoms with E-state index in [0.717, 1.165) is 12.3 Å². The van der Waals surface area contributed by atoms with Gasteiger partial charge >= 0.3 is 6.18 Å². The van der Waals surface area contributed by atoms with Crippen LogP contribution in [0.2, 0.25) is 0 Å². The van der Waals surface area contributed by atoms with Gasteiger partial charge in [-0.15, -0.1) is 0 Å². The fourth-order valence-electron chi connectivity index (χ4n) is 4.40. The van der Waals surface area contributed by atoms with Gasteiger partial charge < -0.3 is 4.57 Å². The smallest absolute Gasteiger partial charge is 0.305 e. The highest BCUT2D eigenvalue weighted by Crippen LogP contribution is 2.38. The van der Waals surface area contributed by atoms with Crippen LogP contribution in [0.1, 0.15) is 42.5 Å². The number of aromatic nitrogens is 3. The van der Waals surface area contributed by atoms with E-state index in [2.05, 4.69) is 9.97 Å². The van der Waals surface area contributed by atoms with Crippen molar-refractivity contribution in [3.63, 3.8) is 0 Å². The van der Waals surface area contributed by atoms with E-state index in [-0.39, 0.29) is 18.1 Å². The van der Waals surface area contributed by atoms with E-state index in [1.165, 1.54) is 18.2 Å². The van der Waals surface area contributed by atoms with Gasteiger partial charge in [-0.3, -0.25) is 19.6 Å². The molecule has 0 saturated carbocycles. The van der Waals surface area contributed by atoms with Gasteiger partial charge in [-0.2, -0.15) is 13.2 Å². The lowest BCUT2D eigenvalue weighted by Gasteiger charge is -2.34. The Balaban J connectivity index is 1.68. The van der Waals surface area contributed by atoms with Crippen LogP contribution >= 0.6 is 0 Å². The summed E-state index contributed by atoms with van der Waals surface area (Å²) in [7, 11) is 0. The van der Waals surface area contributed by atoms with E-state index in [9.17, 15) is 22.4 Å². The number of hydrogen-bond acceptors (Lipinski definition) is 5. The Morgan fingerprint density at radius 3 is 2.40 bits per heavy atom. The van der Waals surface area contributed by atoms with Crippen LogP contribution in [0.25, 0.3) is 11.4 Å². The van der Waals surface area contributed by atoms with Crippen molar-refractivity contribution in [2.75, 3.05) is 18.0 Å². The van der Waals surface area contributed by atoms with E-state index in [1.807, 2.05) is 25.7 Å². The summed E-state index contributed by atoms with van der Waals surface area (Å²) in [6.45, 7) is 6.74. The quantitative estimate of drug-likeness (QED) is 0.507. The summed E-state index contributed by atoms with van der Waals surface area (Å²) in [4.78, 5) is 29.8. The van der Waals surface area contributed by atoms with Crippen molar-refractivity contribution in [3.8, 4) is 11.4 Å². The summed E-state index contributed by atoms with van der Waals surface area (Å²) in [5.41, 5.74) is -0.191. The number of fused-ring (bicyclic) bond motifs is 3. The van der Waals surface area contributed by atoms with Crippen molar-refractivity contribution in [1.82, 2.24) is 19.4 Å². The largest absolute Gasteiger partial charge is 0.433 e. The molecule has 35 heavy (non-hydrogen) atoms. The number of guanidine groups is 1. The van der Waals surface area contributed by atoms with Crippen molar-refractivity contribution in [3.05, 3.63) is 65.4 Å². The van der Waals surface area contributed by atoms with Crippen LogP contribution in [0.4, 0.5) is 23.4 Å². The molecule has 11 heteroatoms. The first kappa shape index (κ1) is 23.0. The molecule has 0 aliphatic carbocycles. The minimum atomic E-state index is -4.55. The lowest BCUT2D eigenvalue weighted by molar-refractivity contribution is -0.141. The number of aliphatic imine (C=N–C) groups is 1. The zero-order valence-corrected chi connectivity index (χ0v) is 19.3. The predicted octanol–water partition coefficient (Wildman–Crippen LogP) is 4.58. The van der Waals surface area contributed by atoms with Gasteiger partial charge in [0.25, 0.3) is 5.91 Å². The maximum atomic E-state index is 13.6. The normalized spacial score (nSPS) is 16.9. The molecular weight excluding hydrogens is 464 g/mol. The number of pyridine rings is 1. The Morgan fingerprint density at radius 2 is 1.80 bits per heavy atom. The first-order valence-electron chi connectivity index (χ1n) is 11.1. The van der Waals surface area contributed by atoms with Crippen molar-refractivity contribution in [2.45, 2.75) is 39.0 Å². The molecule has 0 radical (unpaired) electrons. The van der Waals surface area contributed by atoms with Crippen LogP contribution in [0.3, 0.4) is 0 Å². The fourth-order valence-corrected chi connectivity index (χ4v) is 4.40. The zero-order valence-electron chi connectivity index (χ0n) is 19.3. The monoisotopic (exact) mass is 486 g/mol. The third kappa shape index (κ3) is 3.94.